The van der Waals surface area contributed by atoms with Crippen LogP contribution in [-0.2, 0) is 20.7 Å². The summed E-state index contributed by atoms with van der Waals surface area (Å²) in [5.74, 6) is -0.521. The lowest BCUT2D eigenvalue weighted by Crippen LogP contribution is -2.50. The van der Waals surface area contributed by atoms with E-state index in [1.54, 1.807) is 24.0 Å². The zero-order valence-electron chi connectivity index (χ0n) is 22.4. The molecular formula is C30H31N3O6. The van der Waals surface area contributed by atoms with Gasteiger partial charge in [0.15, 0.2) is 17.4 Å². The number of carbonyl (C=O) groups excluding carboxylic acids is 2. The van der Waals surface area contributed by atoms with Crippen LogP contribution in [0, 0.1) is 5.92 Å². The van der Waals surface area contributed by atoms with Crippen molar-refractivity contribution in [3.05, 3.63) is 77.9 Å². The van der Waals surface area contributed by atoms with Crippen LogP contribution >= 0.6 is 0 Å². The first-order valence-corrected chi connectivity index (χ1v) is 12.8. The fourth-order valence-electron chi connectivity index (χ4n) is 5.28. The molecular weight excluding hydrogens is 498 g/mol. The van der Waals surface area contributed by atoms with Crippen molar-refractivity contribution in [1.29, 1.82) is 0 Å². The second kappa shape index (κ2) is 11.1. The van der Waals surface area contributed by atoms with Gasteiger partial charge in [-0.2, -0.15) is 0 Å². The van der Waals surface area contributed by atoms with Gasteiger partial charge in [-0.1, -0.05) is 42.5 Å². The molecule has 1 aliphatic rings. The smallest absolute Gasteiger partial charge is 0.321 e. The Balaban J connectivity index is 1.75. The molecule has 202 valence electrons. The van der Waals surface area contributed by atoms with Crippen molar-refractivity contribution in [2.45, 2.75) is 19.4 Å². The summed E-state index contributed by atoms with van der Waals surface area (Å²) >= 11 is 0. The molecule has 0 saturated heterocycles. The number of hydrogen-bond donors (Lipinski definition) is 0. The Labute approximate surface area is 226 Å². The minimum absolute atomic E-state index is 0.139. The molecule has 9 nitrogen and oxygen atoms in total. The highest BCUT2D eigenvalue weighted by Gasteiger charge is 2.49. The minimum atomic E-state index is -1.18. The SMILES string of the molecule is CCOC(=O)[C@@H]1C(=O)N(CCc2ccccc2)c2nc3ccccc3n2[C@H]1c1ccc(OC)c(OC)c1OC. The number of carbonyl (C=O) groups is 2. The van der Waals surface area contributed by atoms with Crippen molar-refractivity contribution in [2.75, 3.05) is 39.4 Å². The molecule has 0 spiro atoms. The Morgan fingerprint density at radius 1 is 0.897 bits per heavy atom. The number of ether oxygens (including phenoxy) is 4. The number of anilines is 1. The highest BCUT2D eigenvalue weighted by atomic mass is 16.5. The third-order valence-electron chi connectivity index (χ3n) is 7.01. The summed E-state index contributed by atoms with van der Waals surface area (Å²) in [5.41, 5.74) is 3.14. The quantitative estimate of drug-likeness (QED) is 0.234. The van der Waals surface area contributed by atoms with E-state index >= 15 is 0 Å². The molecule has 0 radical (unpaired) electrons. The van der Waals surface area contributed by atoms with Gasteiger partial charge in [0.05, 0.1) is 45.0 Å². The third-order valence-corrected chi connectivity index (χ3v) is 7.01. The Morgan fingerprint density at radius 2 is 1.62 bits per heavy atom. The number of methoxy groups -OCH3 is 3. The van der Waals surface area contributed by atoms with E-state index in [-0.39, 0.29) is 12.5 Å². The van der Waals surface area contributed by atoms with Crippen molar-refractivity contribution in [2.24, 2.45) is 5.92 Å². The maximum Gasteiger partial charge on any atom is 0.321 e. The molecule has 3 aromatic carbocycles. The van der Waals surface area contributed by atoms with Crippen molar-refractivity contribution >= 4 is 28.9 Å². The van der Waals surface area contributed by atoms with Gasteiger partial charge in [-0.15, -0.1) is 0 Å². The second-order valence-electron chi connectivity index (χ2n) is 9.09. The largest absolute Gasteiger partial charge is 0.493 e. The number of esters is 1. The maximum absolute atomic E-state index is 14.2. The summed E-state index contributed by atoms with van der Waals surface area (Å²) in [4.78, 5) is 34.3. The summed E-state index contributed by atoms with van der Waals surface area (Å²) in [5, 5.41) is 0. The topological polar surface area (TPSA) is 92.1 Å². The molecule has 2 heterocycles. The fraction of sp³-hybridized carbons (Fsp3) is 0.300. The molecule has 1 amide bonds. The van der Waals surface area contributed by atoms with Crippen LogP contribution in [0.2, 0.25) is 0 Å². The Kier molecular flexibility index (Phi) is 7.40. The van der Waals surface area contributed by atoms with Crippen LogP contribution in [0.5, 0.6) is 17.2 Å². The number of para-hydroxylation sites is 2. The van der Waals surface area contributed by atoms with Gasteiger partial charge in [0.2, 0.25) is 17.6 Å². The number of aromatic nitrogens is 2. The number of imidazole rings is 1. The van der Waals surface area contributed by atoms with E-state index in [1.807, 2.05) is 59.2 Å². The van der Waals surface area contributed by atoms with Gasteiger partial charge < -0.3 is 23.5 Å². The molecule has 39 heavy (non-hydrogen) atoms. The van der Waals surface area contributed by atoms with Crippen molar-refractivity contribution < 1.29 is 28.5 Å². The van der Waals surface area contributed by atoms with Crippen LogP contribution in [0.4, 0.5) is 5.95 Å². The summed E-state index contributed by atoms with van der Waals surface area (Å²) in [7, 11) is 4.57. The van der Waals surface area contributed by atoms with Gasteiger partial charge in [0, 0.05) is 12.1 Å². The maximum atomic E-state index is 14.2. The lowest BCUT2D eigenvalue weighted by molar-refractivity contribution is -0.153. The first kappa shape index (κ1) is 26.1. The monoisotopic (exact) mass is 529 g/mol. The van der Waals surface area contributed by atoms with Crippen LogP contribution in [0.15, 0.2) is 66.7 Å². The molecule has 9 heteroatoms. The number of amides is 1. The van der Waals surface area contributed by atoms with Crippen molar-refractivity contribution in [1.82, 2.24) is 9.55 Å². The molecule has 5 rings (SSSR count). The van der Waals surface area contributed by atoms with Crippen LogP contribution in [-0.4, -0.2) is 55.9 Å². The molecule has 0 bridgehead atoms. The zero-order chi connectivity index (χ0) is 27.5. The van der Waals surface area contributed by atoms with Gasteiger partial charge in [-0.3, -0.25) is 14.5 Å². The lowest BCUT2D eigenvalue weighted by Gasteiger charge is -2.38. The molecule has 0 unspecified atom stereocenters. The van der Waals surface area contributed by atoms with E-state index in [9.17, 15) is 9.59 Å². The summed E-state index contributed by atoms with van der Waals surface area (Å²) in [6.07, 6.45) is 0.593. The number of nitrogens with zero attached hydrogens (tertiary/aromatic N) is 3. The van der Waals surface area contributed by atoms with Gasteiger partial charge >= 0.3 is 5.97 Å². The average molecular weight is 530 g/mol. The van der Waals surface area contributed by atoms with Crippen molar-refractivity contribution in [3.63, 3.8) is 0 Å². The van der Waals surface area contributed by atoms with Crippen LogP contribution < -0.4 is 19.1 Å². The first-order chi connectivity index (χ1) is 19.0. The average Bonchev–Trinajstić information content (AvgIpc) is 3.35. The first-order valence-electron chi connectivity index (χ1n) is 12.8. The molecule has 0 saturated carbocycles. The van der Waals surface area contributed by atoms with Crippen LogP contribution in [0.25, 0.3) is 11.0 Å². The van der Waals surface area contributed by atoms with Gasteiger partial charge in [0.1, 0.15) is 0 Å². The molecule has 1 aliphatic heterocycles. The van der Waals surface area contributed by atoms with Crippen molar-refractivity contribution in [3.8, 4) is 17.2 Å². The van der Waals surface area contributed by atoms with Crippen LogP contribution in [0.3, 0.4) is 0 Å². The summed E-state index contributed by atoms with van der Waals surface area (Å²) < 4.78 is 24.3. The Hall–Kier alpha value is -4.53. The third kappa shape index (κ3) is 4.54. The molecule has 2 atom stereocenters. The van der Waals surface area contributed by atoms with E-state index in [2.05, 4.69) is 0 Å². The minimum Gasteiger partial charge on any atom is -0.493 e. The van der Waals surface area contributed by atoms with Gasteiger partial charge in [0.25, 0.3) is 0 Å². The predicted octanol–water partition coefficient (Wildman–Crippen LogP) is 4.42. The molecule has 4 aromatic rings. The number of hydrogen-bond acceptors (Lipinski definition) is 7. The molecule has 0 N–H and O–H groups in total. The molecule has 0 aliphatic carbocycles. The van der Waals surface area contributed by atoms with E-state index in [0.29, 0.717) is 47.2 Å². The lowest BCUT2D eigenvalue weighted by atomic mass is 9.88. The van der Waals surface area contributed by atoms with Gasteiger partial charge in [-0.05, 0) is 43.2 Å². The standard InChI is InChI=1S/C30H31N3O6/c1-5-39-29(35)24-25(20-15-16-23(36-2)27(38-4)26(20)37-3)33-22-14-10-9-13-21(22)31-30(33)32(28(24)34)18-17-19-11-7-6-8-12-19/h6-16,24-25H,5,17-18H2,1-4H3/t24-,25-/m0/s1. The summed E-state index contributed by atoms with van der Waals surface area (Å²) in [6.45, 7) is 2.21. The van der Waals surface area contributed by atoms with Crippen LogP contribution in [0.1, 0.15) is 24.1 Å². The van der Waals surface area contributed by atoms with E-state index < -0.39 is 17.9 Å². The number of rotatable bonds is 9. The van der Waals surface area contributed by atoms with E-state index in [1.165, 1.54) is 21.3 Å². The van der Waals surface area contributed by atoms with E-state index in [0.717, 1.165) is 11.1 Å². The zero-order valence-corrected chi connectivity index (χ0v) is 22.4. The number of fused-ring (bicyclic) bond motifs is 3. The van der Waals surface area contributed by atoms with E-state index in [4.69, 9.17) is 23.9 Å². The fourth-order valence-corrected chi connectivity index (χ4v) is 5.28. The second-order valence-corrected chi connectivity index (χ2v) is 9.09. The highest BCUT2D eigenvalue weighted by Crippen LogP contribution is 2.48. The Bertz CT molecular complexity index is 1500. The molecule has 0 fully saturated rings. The number of benzene rings is 3. The highest BCUT2D eigenvalue weighted by molar-refractivity contribution is 6.08. The van der Waals surface area contributed by atoms with Gasteiger partial charge in [-0.25, -0.2) is 4.98 Å². The predicted molar refractivity (Wildman–Crippen MR) is 147 cm³/mol. The summed E-state index contributed by atoms with van der Waals surface area (Å²) in [6, 6.07) is 20.3. The normalized spacial score (nSPS) is 16.6. The molecule has 1 aromatic heterocycles. The Morgan fingerprint density at radius 3 is 2.31 bits per heavy atom.